The Labute approximate surface area is 386 Å². The number of H-pyrrole nitrogens is 1. The normalized spacial score (nSPS) is 12.3. The number of nitrogens with zero attached hydrogens (tertiary/aromatic N) is 8. The molecule has 0 atom stereocenters. The molecule has 7 rings (SSSR count). The number of nitrogens with one attached hydrogen (secondary N) is 2. The molecule has 0 aliphatic carbocycles. The van der Waals surface area contributed by atoms with E-state index in [1.54, 1.807) is 39.0 Å². The average molecular weight is 985 g/mol. The number of azo groups is 1. The maximum atomic E-state index is 14.2. The summed E-state index contributed by atoms with van der Waals surface area (Å²) >= 11 is 6.67. The van der Waals surface area contributed by atoms with Gasteiger partial charge in [0, 0.05) is 47.4 Å². The smallest absolute Gasteiger partial charge is 0.435 e. The van der Waals surface area contributed by atoms with Gasteiger partial charge in [0.2, 0.25) is 5.65 Å². The molecule has 0 unspecified atom stereocenters. The van der Waals surface area contributed by atoms with Gasteiger partial charge in [0.25, 0.3) is 27.2 Å². The summed E-state index contributed by atoms with van der Waals surface area (Å²) in [6, 6.07) is 19.1. The topological polar surface area (TPSA) is 243 Å². The first-order valence-corrected chi connectivity index (χ1v) is 21.9. The second kappa shape index (κ2) is 18.7. The maximum Gasteiger partial charge on any atom is 0.435 e. The van der Waals surface area contributed by atoms with E-state index in [-0.39, 0.29) is 67.6 Å². The van der Waals surface area contributed by atoms with Crippen molar-refractivity contribution in [1.82, 2.24) is 29.5 Å². The Morgan fingerprint density at radius 3 is 2.42 bits per heavy atom. The predicted octanol–water partition coefficient (Wildman–Crippen LogP) is 9.43. The highest BCUT2D eigenvalue weighted by Crippen LogP contribution is 2.41. The molecule has 0 aliphatic rings. The average Bonchev–Trinajstić information content (AvgIpc) is 3.95. The number of halogens is 4. The van der Waals surface area contributed by atoms with E-state index >= 15 is 0 Å². The number of benzene rings is 4. The molecule has 3 aromatic heterocycles. The number of sulfonamides is 1. The van der Waals surface area contributed by atoms with Crippen LogP contribution in [0, 0.1) is 10.1 Å². The van der Waals surface area contributed by atoms with Crippen LogP contribution in [-0.2, 0) is 37.4 Å². The molecular formula is C41H36ClF3N10O10S2. The zero-order valence-electron chi connectivity index (χ0n) is 35.8. The van der Waals surface area contributed by atoms with Gasteiger partial charge in [0.05, 0.1) is 39.4 Å². The van der Waals surface area contributed by atoms with Crippen LogP contribution in [0.2, 0.25) is 5.02 Å². The van der Waals surface area contributed by atoms with Crippen molar-refractivity contribution < 1.29 is 49.8 Å². The summed E-state index contributed by atoms with van der Waals surface area (Å²) < 4.78 is 90.7. The van der Waals surface area contributed by atoms with Gasteiger partial charge in [-0.3, -0.25) is 29.5 Å². The third-order valence-electron chi connectivity index (χ3n) is 9.44. The molecule has 67 heavy (non-hydrogen) atoms. The Balaban J connectivity index is 1.13. The third kappa shape index (κ3) is 10.3. The van der Waals surface area contributed by atoms with Crippen LogP contribution in [-0.4, -0.2) is 69.9 Å². The van der Waals surface area contributed by atoms with E-state index in [1.165, 1.54) is 80.7 Å². The van der Waals surface area contributed by atoms with Gasteiger partial charge in [-0.25, -0.2) is 18.3 Å². The summed E-state index contributed by atoms with van der Waals surface area (Å²) in [7, 11) is -0.220. The number of hydrogen-bond acceptors (Lipinski definition) is 15. The number of aromatic nitrogens is 5. The van der Waals surface area contributed by atoms with E-state index in [0.717, 1.165) is 21.5 Å². The van der Waals surface area contributed by atoms with E-state index in [9.17, 15) is 41.3 Å². The molecule has 1 amide bonds. The fourth-order valence-electron chi connectivity index (χ4n) is 6.35. The van der Waals surface area contributed by atoms with Crippen LogP contribution in [0.15, 0.2) is 114 Å². The first kappa shape index (κ1) is 47.9. The monoisotopic (exact) mass is 984 g/mol. The lowest BCUT2D eigenvalue weighted by Crippen LogP contribution is -2.22. The quantitative estimate of drug-likeness (QED) is 0.0320. The number of anilines is 1. The lowest BCUT2D eigenvalue weighted by molar-refractivity contribution is -0.384. The molecule has 26 heteroatoms. The maximum absolute atomic E-state index is 14.2. The van der Waals surface area contributed by atoms with Crippen LogP contribution < -0.4 is 15.0 Å². The number of nitro benzene ring substituents is 1. The molecule has 0 bridgehead atoms. The van der Waals surface area contributed by atoms with Crippen LogP contribution in [0.1, 0.15) is 48.1 Å². The molecule has 0 radical (unpaired) electrons. The van der Waals surface area contributed by atoms with Gasteiger partial charge in [-0.15, -0.1) is 20.1 Å². The molecule has 7 aromatic rings. The fourth-order valence-corrected chi connectivity index (χ4v) is 8.07. The highest BCUT2D eigenvalue weighted by Gasteiger charge is 2.39. The molecule has 2 N–H and O–H groups in total. The summed E-state index contributed by atoms with van der Waals surface area (Å²) in [6.45, 7) is 4.93. The minimum absolute atomic E-state index is 0.0289. The van der Waals surface area contributed by atoms with Crippen LogP contribution >= 0.6 is 23.6 Å². The van der Waals surface area contributed by atoms with Crippen LogP contribution in [0.4, 0.5) is 35.9 Å². The van der Waals surface area contributed by atoms with Crippen molar-refractivity contribution in [2.45, 2.75) is 48.8 Å². The number of hydrogen-bond donors (Lipinski definition) is 2. The van der Waals surface area contributed by atoms with Gasteiger partial charge >= 0.3 is 6.18 Å². The molecule has 350 valence electrons. The minimum atomic E-state index is -4.95. The minimum Gasteiger partial charge on any atom is -0.489 e. The lowest BCUT2D eigenvalue weighted by Gasteiger charge is -2.16. The number of amides is 1. The van der Waals surface area contributed by atoms with Crippen molar-refractivity contribution in [2.24, 2.45) is 10.2 Å². The zero-order valence-corrected chi connectivity index (χ0v) is 38.2. The Morgan fingerprint density at radius 1 is 1.04 bits per heavy atom. The number of carbonyl (C=O) groups is 1. The number of ether oxygens (including phenoxy) is 1. The Bertz CT molecular complexity index is 3230. The third-order valence-corrected chi connectivity index (χ3v) is 11.8. The summed E-state index contributed by atoms with van der Waals surface area (Å²) in [6.07, 6.45) is -4.95. The molecule has 4 aromatic carbocycles. The highest BCUT2D eigenvalue weighted by molar-refractivity contribution is 7.94. The number of alkyl halides is 3. The molecule has 0 aliphatic heterocycles. The van der Waals surface area contributed by atoms with Crippen LogP contribution in [0.3, 0.4) is 0 Å². The first-order chi connectivity index (χ1) is 31.5. The molecule has 20 nitrogen and oxygen atoms in total. The molecular weight excluding hydrogens is 949 g/mol. The van der Waals surface area contributed by atoms with Gasteiger partial charge in [0.1, 0.15) is 18.0 Å². The SMILES string of the molecule is COOSc1ccc(S(=O)(=O)Nc2ccc(OCc3c(C(C)(C)C)on(-c4ccc(C(=O)N(C)C)cc4[N+](=O)[O-])c3=O)cc2)cc1N=Nc1c(C(F)(F)F)[nH]n2nc(-c3cccc(Cl)c3)nc12. The molecule has 0 fully saturated rings. The molecule has 3 heterocycles. The summed E-state index contributed by atoms with van der Waals surface area (Å²) in [4.78, 5) is 47.5. The number of aromatic amines is 1. The van der Waals surface area contributed by atoms with E-state index in [0.29, 0.717) is 22.6 Å². The molecule has 0 spiro atoms. The van der Waals surface area contributed by atoms with E-state index in [4.69, 9.17) is 25.2 Å². The Morgan fingerprint density at radius 2 is 1.78 bits per heavy atom. The van der Waals surface area contributed by atoms with Crippen molar-refractivity contribution in [3.05, 3.63) is 133 Å². The van der Waals surface area contributed by atoms with Crippen molar-refractivity contribution in [3.8, 4) is 22.8 Å². The second-order valence-corrected chi connectivity index (χ2v) is 18.4. The van der Waals surface area contributed by atoms with Gasteiger partial charge < -0.3 is 14.2 Å². The number of fused-ring (bicyclic) bond motifs is 1. The highest BCUT2D eigenvalue weighted by atomic mass is 35.5. The summed E-state index contributed by atoms with van der Waals surface area (Å²) in [5, 5.41) is 26.5. The standard InChI is InChI=1S/C41H36ClF3N10O10S2/c1-40(2,3)35-28(39(57)53(64-35)30-16-10-23(38(56)52(4)5)19-31(30)55(58)59)21-63-26-13-11-25(12-14-26)51-67(60,61)27-15-17-32(66-65-62-6)29(20-27)47-48-33-34(41(43,44)45)49-54-37(33)46-36(50-54)22-8-7-9-24(42)18-22/h7-20,49,51H,21H2,1-6H3. The lowest BCUT2D eigenvalue weighted by atomic mass is 9.91. The molecule has 0 saturated carbocycles. The predicted molar refractivity (Wildman–Crippen MR) is 237 cm³/mol. The summed E-state index contributed by atoms with van der Waals surface area (Å²) in [5.41, 5.74) is -4.36. The zero-order chi connectivity index (χ0) is 48.6. The number of carbonyl (C=O) groups excluding carboxylic acids is 1. The first-order valence-electron chi connectivity index (χ1n) is 19.3. The van der Waals surface area contributed by atoms with Gasteiger partial charge in [-0.1, -0.05) is 44.5 Å². The van der Waals surface area contributed by atoms with Crippen LogP contribution in [0.25, 0.3) is 22.7 Å². The Hall–Kier alpha value is -7.06. The van der Waals surface area contributed by atoms with Crippen molar-refractivity contribution in [3.63, 3.8) is 0 Å². The van der Waals surface area contributed by atoms with E-state index in [2.05, 4.69) is 35.0 Å². The van der Waals surface area contributed by atoms with Gasteiger partial charge in [-0.2, -0.15) is 22.1 Å². The van der Waals surface area contributed by atoms with E-state index in [1.807, 2.05) is 0 Å². The van der Waals surface area contributed by atoms with Gasteiger partial charge in [0.15, 0.2) is 28.7 Å². The van der Waals surface area contributed by atoms with Crippen LogP contribution in [0.5, 0.6) is 5.75 Å². The molecule has 0 saturated heterocycles. The van der Waals surface area contributed by atoms with Gasteiger partial charge in [-0.05, 0) is 66.7 Å². The number of nitro groups is 1. The van der Waals surface area contributed by atoms with E-state index < -0.39 is 55.1 Å². The second-order valence-electron chi connectivity index (χ2n) is 15.5. The number of rotatable bonds is 15. The fraction of sp³-hybridized carbons (Fsp3) is 0.220. The van der Waals surface area contributed by atoms with Crippen molar-refractivity contribution in [1.29, 1.82) is 0 Å². The Kier molecular flexibility index (Phi) is 13.3. The van der Waals surface area contributed by atoms with Crippen molar-refractivity contribution >= 4 is 68.0 Å². The van der Waals surface area contributed by atoms with Crippen molar-refractivity contribution in [2.75, 3.05) is 25.9 Å². The largest absolute Gasteiger partial charge is 0.489 e. The summed E-state index contributed by atoms with van der Waals surface area (Å²) in [5.74, 6) is -0.0831.